The van der Waals surface area contributed by atoms with Crippen LogP contribution in [0.1, 0.15) is 30.4 Å². The lowest BCUT2D eigenvalue weighted by atomic mass is 9.94. The highest BCUT2D eigenvalue weighted by Gasteiger charge is 2.31. The van der Waals surface area contributed by atoms with Crippen LogP contribution in [-0.4, -0.2) is 64.8 Å². The van der Waals surface area contributed by atoms with Crippen LogP contribution in [-0.2, 0) is 4.74 Å². The molecule has 2 aromatic heterocycles. The number of pyridine rings is 2. The van der Waals surface area contributed by atoms with Gasteiger partial charge in [-0.15, -0.1) is 0 Å². The zero-order valence-corrected chi connectivity index (χ0v) is 20.6. The van der Waals surface area contributed by atoms with Gasteiger partial charge in [0, 0.05) is 42.4 Å². The van der Waals surface area contributed by atoms with Crippen molar-refractivity contribution in [3.63, 3.8) is 0 Å². The number of rotatable bonds is 10. The molecule has 1 aromatic carbocycles. The number of benzene rings is 1. The van der Waals surface area contributed by atoms with Crippen LogP contribution in [0.5, 0.6) is 5.88 Å². The van der Waals surface area contributed by atoms with Gasteiger partial charge in [0.2, 0.25) is 5.88 Å². The van der Waals surface area contributed by atoms with Crippen LogP contribution in [0.2, 0.25) is 0 Å². The Labute approximate surface area is 214 Å². The lowest BCUT2D eigenvalue weighted by Crippen LogP contribution is -2.48. The monoisotopic (exact) mass is 511 g/mol. The molecule has 1 fully saturated rings. The predicted octanol–water partition coefficient (Wildman–Crippen LogP) is 3.89. The highest BCUT2D eigenvalue weighted by atomic mass is 19.1. The highest BCUT2D eigenvalue weighted by molar-refractivity contribution is 5.84. The molecule has 3 heterocycles. The fourth-order valence-electron chi connectivity index (χ4n) is 4.39. The molecule has 1 aliphatic rings. The summed E-state index contributed by atoms with van der Waals surface area (Å²) in [5.74, 6) is -0.486. The van der Waals surface area contributed by atoms with E-state index < -0.39 is 17.7 Å². The number of hydrogen-bond acceptors (Lipinski definition) is 7. The van der Waals surface area contributed by atoms with Crippen molar-refractivity contribution >= 4 is 23.2 Å². The molecule has 0 radical (unpaired) electrons. The van der Waals surface area contributed by atoms with Gasteiger partial charge in [-0.2, -0.15) is 0 Å². The Balaban J connectivity index is 1.41. The summed E-state index contributed by atoms with van der Waals surface area (Å²) in [7, 11) is 1.57. The van der Waals surface area contributed by atoms with Gasteiger partial charge in [0.1, 0.15) is 11.6 Å². The van der Waals surface area contributed by atoms with Crippen LogP contribution in [0, 0.1) is 11.6 Å². The molecule has 0 saturated carbocycles. The zero-order chi connectivity index (χ0) is 26.2. The van der Waals surface area contributed by atoms with Gasteiger partial charge in [-0.05, 0) is 43.2 Å². The molecule has 3 N–H and O–H groups in total. The van der Waals surface area contributed by atoms with E-state index in [1.807, 2.05) is 24.3 Å². The predicted molar refractivity (Wildman–Crippen MR) is 138 cm³/mol. The number of methoxy groups -OCH3 is 1. The van der Waals surface area contributed by atoms with Crippen molar-refractivity contribution in [2.24, 2.45) is 0 Å². The molecular formula is C28H31F2N3O4. The largest absolute Gasteiger partial charge is 0.481 e. The van der Waals surface area contributed by atoms with Gasteiger partial charge < -0.3 is 25.0 Å². The third-order valence-corrected chi connectivity index (χ3v) is 6.32. The van der Waals surface area contributed by atoms with Crippen LogP contribution < -0.4 is 10.1 Å². The molecule has 0 amide bonds. The average molecular weight is 512 g/mol. The maximum Gasteiger partial charge on any atom is 0.213 e. The van der Waals surface area contributed by atoms with Gasteiger partial charge in [-0.25, -0.2) is 13.8 Å². The molecule has 7 nitrogen and oxygen atoms in total. The summed E-state index contributed by atoms with van der Waals surface area (Å²) in [5, 5.41) is 22.8. The number of hydrogen-bond donors (Lipinski definition) is 3. The molecular weight excluding hydrogens is 480 g/mol. The second-order valence-corrected chi connectivity index (χ2v) is 8.93. The fraction of sp³-hybridized carbons (Fsp3) is 0.357. The van der Waals surface area contributed by atoms with E-state index in [4.69, 9.17) is 9.47 Å². The molecule has 0 bridgehead atoms. The maximum absolute atomic E-state index is 13.8. The average Bonchev–Trinajstić information content (AvgIpc) is 2.92. The quantitative estimate of drug-likeness (QED) is 0.380. The summed E-state index contributed by atoms with van der Waals surface area (Å²) in [4.78, 5) is 8.86. The molecule has 0 aliphatic carbocycles. The number of ether oxygens (including phenoxy) is 2. The third kappa shape index (κ3) is 7.17. The summed E-state index contributed by atoms with van der Waals surface area (Å²) in [6.45, 7) is 0.0507. The number of nitrogens with one attached hydrogen (secondary N) is 1. The summed E-state index contributed by atoms with van der Waals surface area (Å²) in [6, 6.07) is 8.73. The first-order valence-electron chi connectivity index (χ1n) is 12.2. The number of aliphatic hydroxyl groups excluding tert-OH is 2. The molecule has 4 atom stereocenters. The topological polar surface area (TPSA) is 96.7 Å². The number of nitrogens with zero attached hydrogens (tertiary/aromatic N) is 2. The Morgan fingerprint density at radius 3 is 2.84 bits per heavy atom. The first kappa shape index (κ1) is 26.8. The van der Waals surface area contributed by atoms with Crippen molar-refractivity contribution in [2.75, 3.05) is 20.3 Å². The normalized spacial score (nSPS) is 21.2. The highest BCUT2D eigenvalue weighted by Crippen LogP contribution is 2.26. The summed E-state index contributed by atoms with van der Waals surface area (Å²) in [6.07, 6.45) is 9.21. The second kappa shape index (κ2) is 12.8. The number of fused-ring (bicyclic) bond motifs is 1. The van der Waals surface area contributed by atoms with E-state index in [-0.39, 0.29) is 36.8 Å². The standard InChI is InChI=1S/C28H31F2N3O4/c1-36-27-11-10-25-28(33-27)18(12-14-32-25)4-6-22-7-9-24(26(37-22)16-21(35)17-34)31-13-2-3-19-15-20(29)5-8-23(19)30/h2-6,8,10-12,14-15,21-22,24,26,31,34-35H,7,9,13,16-17H2,1H3/b3-2+,6-4+/t21-,22-,24-,26?/m1/s1. The Hall–Kier alpha value is -3.24. The van der Waals surface area contributed by atoms with Crippen molar-refractivity contribution in [3.8, 4) is 5.88 Å². The molecule has 1 aliphatic heterocycles. The Morgan fingerprint density at radius 1 is 1.16 bits per heavy atom. The van der Waals surface area contributed by atoms with Gasteiger partial charge in [0.25, 0.3) is 0 Å². The first-order chi connectivity index (χ1) is 18.0. The van der Waals surface area contributed by atoms with E-state index >= 15 is 0 Å². The minimum absolute atomic E-state index is 0.0828. The van der Waals surface area contributed by atoms with Crippen LogP contribution in [0.4, 0.5) is 8.78 Å². The summed E-state index contributed by atoms with van der Waals surface area (Å²) < 4.78 is 38.7. The minimum atomic E-state index is -0.908. The van der Waals surface area contributed by atoms with Crippen molar-refractivity contribution in [1.82, 2.24) is 15.3 Å². The van der Waals surface area contributed by atoms with Crippen molar-refractivity contribution in [1.29, 1.82) is 0 Å². The first-order valence-corrected chi connectivity index (χ1v) is 12.2. The molecule has 1 saturated heterocycles. The molecule has 9 heteroatoms. The van der Waals surface area contributed by atoms with Gasteiger partial charge in [-0.1, -0.05) is 24.3 Å². The SMILES string of the molecule is COc1ccc2nccc(/C=C/[C@@H]3CC[C@@H](NC/C=C/c4cc(F)ccc4F)C(C[C@@H](O)CO)O3)c2n1. The third-order valence-electron chi connectivity index (χ3n) is 6.32. The van der Waals surface area contributed by atoms with Crippen LogP contribution in [0.15, 0.2) is 54.7 Å². The van der Waals surface area contributed by atoms with E-state index in [2.05, 4.69) is 15.3 Å². The lowest BCUT2D eigenvalue weighted by Gasteiger charge is -2.37. The minimum Gasteiger partial charge on any atom is -0.481 e. The van der Waals surface area contributed by atoms with E-state index in [1.165, 1.54) is 6.08 Å². The molecule has 37 heavy (non-hydrogen) atoms. The zero-order valence-electron chi connectivity index (χ0n) is 20.6. The van der Waals surface area contributed by atoms with E-state index in [1.54, 1.807) is 25.4 Å². The summed E-state index contributed by atoms with van der Waals surface area (Å²) in [5.41, 5.74) is 2.54. The molecule has 0 spiro atoms. The maximum atomic E-state index is 13.8. The molecule has 4 rings (SSSR count). The number of halogens is 2. The van der Waals surface area contributed by atoms with Crippen molar-refractivity contribution < 1.29 is 28.5 Å². The number of aliphatic hydroxyl groups is 2. The van der Waals surface area contributed by atoms with Gasteiger partial charge in [0.05, 0.1) is 43.1 Å². The molecule has 1 unspecified atom stereocenters. The second-order valence-electron chi connectivity index (χ2n) is 8.93. The Morgan fingerprint density at radius 2 is 2.03 bits per heavy atom. The Bertz CT molecular complexity index is 1250. The van der Waals surface area contributed by atoms with E-state index in [9.17, 15) is 19.0 Å². The summed E-state index contributed by atoms with van der Waals surface area (Å²) >= 11 is 0. The molecule has 196 valence electrons. The van der Waals surface area contributed by atoms with Gasteiger partial charge >= 0.3 is 0 Å². The van der Waals surface area contributed by atoms with Crippen molar-refractivity contribution in [3.05, 3.63) is 77.5 Å². The van der Waals surface area contributed by atoms with Gasteiger partial charge in [-0.3, -0.25) is 4.98 Å². The smallest absolute Gasteiger partial charge is 0.213 e. The van der Waals surface area contributed by atoms with E-state index in [0.717, 1.165) is 47.6 Å². The van der Waals surface area contributed by atoms with E-state index in [0.29, 0.717) is 12.4 Å². The number of aromatic nitrogens is 2. The Kier molecular flexibility index (Phi) is 9.29. The van der Waals surface area contributed by atoms with Crippen molar-refractivity contribution in [2.45, 2.75) is 43.6 Å². The van der Waals surface area contributed by atoms with Gasteiger partial charge in [0.15, 0.2) is 0 Å². The van der Waals surface area contributed by atoms with Crippen LogP contribution >= 0.6 is 0 Å². The molecule has 3 aromatic rings. The lowest BCUT2D eigenvalue weighted by molar-refractivity contribution is -0.0714. The van der Waals surface area contributed by atoms with Crippen LogP contribution in [0.3, 0.4) is 0 Å². The van der Waals surface area contributed by atoms with Crippen LogP contribution in [0.25, 0.3) is 23.2 Å². The fourth-order valence-corrected chi connectivity index (χ4v) is 4.39.